The molecule has 0 N–H and O–H groups in total. The smallest absolute Gasteiger partial charge is 0.00201 e. The van der Waals surface area contributed by atoms with E-state index in [9.17, 15) is 0 Å². The fourth-order valence-electron chi connectivity index (χ4n) is 4.42. The van der Waals surface area contributed by atoms with E-state index < -0.39 is 0 Å². The molecule has 0 nitrogen and oxygen atoms in total. The van der Waals surface area contributed by atoms with Gasteiger partial charge in [-0.05, 0) is 60.3 Å². The van der Waals surface area contributed by atoms with Gasteiger partial charge in [0.1, 0.15) is 0 Å². The van der Waals surface area contributed by atoms with Gasteiger partial charge in [0, 0.05) is 0 Å². The highest BCUT2D eigenvalue weighted by Gasteiger charge is 2.13. The molecule has 0 saturated heterocycles. The fourth-order valence-corrected chi connectivity index (χ4v) is 4.42. The lowest BCUT2D eigenvalue weighted by atomic mass is 9.88. The summed E-state index contributed by atoms with van der Waals surface area (Å²) in [6.07, 6.45) is 0. The van der Waals surface area contributed by atoms with Crippen molar-refractivity contribution in [2.24, 2.45) is 0 Å². The molecule has 0 aromatic heterocycles. The Bertz CT molecular complexity index is 1410. The normalized spacial score (nSPS) is 11.8. The van der Waals surface area contributed by atoms with Gasteiger partial charge in [0.25, 0.3) is 0 Å². The molecule has 120 valence electrons. The molecule has 0 aliphatic heterocycles. The molecule has 6 rings (SSSR count). The topological polar surface area (TPSA) is 0 Å². The quantitative estimate of drug-likeness (QED) is 0.218. The molecule has 0 radical (unpaired) electrons. The highest BCUT2D eigenvalue weighted by molar-refractivity contribution is 6.30. The minimum absolute atomic E-state index is 1.27. The van der Waals surface area contributed by atoms with Crippen molar-refractivity contribution in [3.63, 3.8) is 0 Å². The average molecular weight is 328 g/mol. The monoisotopic (exact) mass is 328 g/mol. The maximum atomic E-state index is 2.33. The van der Waals surface area contributed by atoms with Crippen LogP contribution in [0.4, 0.5) is 0 Å². The van der Waals surface area contributed by atoms with Gasteiger partial charge >= 0.3 is 0 Å². The first-order valence-corrected chi connectivity index (χ1v) is 9.05. The Morgan fingerprint density at radius 1 is 0.385 bits per heavy atom. The van der Waals surface area contributed by atoms with Crippen LogP contribution in [-0.4, -0.2) is 0 Å². The zero-order chi connectivity index (χ0) is 17.1. The number of benzene rings is 6. The molecule has 6 aromatic carbocycles. The summed E-state index contributed by atoms with van der Waals surface area (Å²) >= 11 is 0. The third-order valence-electron chi connectivity index (χ3n) is 5.59. The molecule has 0 aliphatic rings. The van der Waals surface area contributed by atoms with Crippen LogP contribution in [0.3, 0.4) is 0 Å². The van der Waals surface area contributed by atoms with E-state index in [2.05, 4.69) is 97.1 Å². The summed E-state index contributed by atoms with van der Waals surface area (Å²) in [7, 11) is 0. The second kappa shape index (κ2) is 5.06. The molecule has 6 aromatic rings. The van der Waals surface area contributed by atoms with E-state index in [1.807, 2.05) is 0 Å². The van der Waals surface area contributed by atoms with Gasteiger partial charge in [-0.1, -0.05) is 91.0 Å². The maximum absolute atomic E-state index is 2.33. The summed E-state index contributed by atoms with van der Waals surface area (Å²) in [6.45, 7) is 0. The average Bonchev–Trinajstić information content (AvgIpc) is 2.72. The van der Waals surface area contributed by atoms with Crippen molar-refractivity contribution >= 4 is 43.1 Å². The first-order chi connectivity index (χ1) is 12.9. The first-order valence-electron chi connectivity index (χ1n) is 9.05. The molecule has 0 heteroatoms. The van der Waals surface area contributed by atoms with Gasteiger partial charge in [0.05, 0.1) is 0 Å². The Hall–Kier alpha value is -3.38. The molecule has 0 heterocycles. The summed E-state index contributed by atoms with van der Waals surface area (Å²) in [5.74, 6) is 0. The van der Waals surface area contributed by atoms with Crippen LogP contribution in [-0.2, 0) is 0 Å². The molecule has 0 fully saturated rings. The summed E-state index contributed by atoms with van der Waals surface area (Å²) in [4.78, 5) is 0. The van der Waals surface area contributed by atoms with Crippen molar-refractivity contribution in [3.8, 4) is 11.1 Å². The van der Waals surface area contributed by atoms with E-state index in [4.69, 9.17) is 0 Å². The Morgan fingerprint density at radius 3 is 2.00 bits per heavy atom. The predicted octanol–water partition coefficient (Wildman–Crippen LogP) is 7.40. The van der Waals surface area contributed by atoms with Crippen LogP contribution in [0.15, 0.2) is 97.1 Å². The van der Waals surface area contributed by atoms with E-state index in [0.717, 1.165) is 0 Å². The van der Waals surface area contributed by atoms with Crippen LogP contribution in [0.1, 0.15) is 0 Å². The third-order valence-corrected chi connectivity index (χ3v) is 5.59. The van der Waals surface area contributed by atoms with Crippen molar-refractivity contribution in [1.29, 1.82) is 0 Å². The van der Waals surface area contributed by atoms with E-state index >= 15 is 0 Å². The van der Waals surface area contributed by atoms with E-state index in [1.165, 1.54) is 54.2 Å². The number of rotatable bonds is 1. The van der Waals surface area contributed by atoms with Crippen LogP contribution < -0.4 is 0 Å². The summed E-state index contributed by atoms with van der Waals surface area (Å²) in [5.41, 5.74) is 2.58. The standard InChI is InChI=1S/C26H16/c1-2-6-17(7-3-1)22-13-12-18-10-11-20-16-19-8-4-5-9-21(19)23-14-15-24(22)25(18)26(20)23/h1-16H. The SMILES string of the molecule is c1ccc(-c2ccc3ccc4cc5ccccc5c5ccc2c3c45)cc1. The minimum atomic E-state index is 1.27. The molecule has 0 atom stereocenters. The summed E-state index contributed by atoms with van der Waals surface area (Å²) in [5, 5.41) is 10.7. The molecule has 0 bridgehead atoms. The Labute approximate surface area is 151 Å². The van der Waals surface area contributed by atoms with Gasteiger partial charge in [-0.25, -0.2) is 0 Å². The largest absolute Gasteiger partial charge is 0.0622 e. The lowest BCUT2D eigenvalue weighted by molar-refractivity contribution is 1.67. The molecule has 0 saturated carbocycles. The van der Waals surface area contributed by atoms with Crippen molar-refractivity contribution in [2.75, 3.05) is 0 Å². The van der Waals surface area contributed by atoms with Crippen LogP contribution in [0.2, 0.25) is 0 Å². The number of hydrogen-bond acceptors (Lipinski definition) is 0. The third kappa shape index (κ3) is 1.79. The van der Waals surface area contributed by atoms with Crippen LogP contribution in [0.5, 0.6) is 0 Å². The lowest BCUT2D eigenvalue weighted by Gasteiger charge is -2.15. The molecule has 0 unspecified atom stereocenters. The lowest BCUT2D eigenvalue weighted by Crippen LogP contribution is -1.88. The Kier molecular flexibility index (Phi) is 2.70. The second-order valence-electron chi connectivity index (χ2n) is 7.00. The van der Waals surface area contributed by atoms with Crippen molar-refractivity contribution < 1.29 is 0 Å². The Balaban J connectivity index is 1.86. The van der Waals surface area contributed by atoms with Gasteiger partial charge < -0.3 is 0 Å². The summed E-state index contributed by atoms with van der Waals surface area (Å²) < 4.78 is 0. The molecular formula is C26H16. The molecule has 26 heavy (non-hydrogen) atoms. The van der Waals surface area contributed by atoms with Crippen molar-refractivity contribution in [2.45, 2.75) is 0 Å². The van der Waals surface area contributed by atoms with Crippen LogP contribution in [0.25, 0.3) is 54.2 Å². The molecule has 0 spiro atoms. The van der Waals surface area contributed by atoms with Crippen LogP contribution in [0, 0.1) is 0 Å². The molecular weight excluding hydrogens is 312 g/mol. The number of fused-ring (bicyclic) bond motifs is 2. The molecule has 0 aliphatic carbocycles. The van der Waals surface area contributed by atoms with Gasteiger partial charge in [-0.15, -0.1) is 0 Å². The highest BCUT2D eigenvalue weighted by Crippen LogP contribution is 2.41. The maximum Gasteiger partial charge on any atom is -0.00201 e. The zero-order valence-electron chi connectivity index (χ0n) is 14.2. The number of hydrogen-bond donors (Lipinski definition) is 0. The van der Waals surface area contributed by atoms with Crippen molar-refractivity contribution in [1.82, 2.24) is 0 Å². The second-order valence-corrected chi connectivity index (χ2v) is 7.00. The van der Waals surface area contributed by atoms with Crippen molar-refractivity contribution in [3.05, 3.63) is 97.1 Å². The van der Waals surface area contributed by atoms with E-state index in [-0.39, 0.29) is 0 Å². The van der Waals surface area contributed by atoms with E-state index in [0.29, 0.717) is 0 Å². The zero-order valence-corrected chi connectivity index (χ0v) is 14.2. The first kappa shape index (κ1) is 13.9. The van der Waals surface area contributed by atoms with Gasteiger partial charge in [-0.3, -0.25) is 0 Å². The van der Waals surface area contributed by atoms with Crippen LogP contribution >= 0.6 is 0 Å². The minimum Gasteiger partial charge on any atom is -0.0622 e. The highest BCUT2D eigenvalue weighted by atomic mass is 14.2. The van der Waals surface area contributed by atoms with Gasteiger partial charge in [0.15, 0.2) is 0 Å². The van der Waals surface area contributed by atoms with Gasteiger partial charge in [-0.2, -0.15) is 0 Å². The summed E-state index contributed by atoms with van der Waals surface area (Å²) in [6, 6.07) is 35.4. The fraction of sp³-hybridized carbons (Fsp3) is 0. The molecule has 0 amide bonds. The van der Waals surface area contributed by atoms with Gasteiger partial charge in [0.2, 0.25) is 0 Å². The predicted molar refractivity (Wildman–Crippen MR) is 113 cm³/mol. The Morgan fingerprint density at radius 2 is 1.08 bits per heavy atom. The van der Waals surface area contributed by atoms with E-state index in [1.54, 1.807) is 0 Å².